The second-order valence-electron chi connectivity index (χ2n) is 3.69. The van der Waals surface area contributed by atoms with E-state index < -0.39 is 11.8 Å². The van der Waals surface area contributed by atoms with Crippen molar-refractivity contribution in [1.82, 2.24) is 0 Å². The van der Waals surface area contributed by atoms with Gasteiger partial charge in [0.25, 0.3) is 5.78 Å². The number of esters is 1. The van der Waals surface area contributed by atoms with Crippen molar-refractivity contribution in [3.8, 4) is 17.2 Å². The lowest BCUT2D eigenvalue weighted by atomic mass is 10.1. The fourth-order valence-electron chi connectivity index (χ4n) is 1.62. The van der Waals surface area contributed by atoms with Crippen LogP contribution in [0.3, 0.4) is 0 Å². The summed E-state index contributed by atoms with van der Waals surface area (Å²) in [7, 11) is 2.88. The lowest BCUT2D eigenvalue weighted by Crippen LogP contribution is -2.18. The molecule has 1 aromatic carbocycles. The molecule has 0 aliphatic rings. The molecule has 0 saturated carbocycles. The first-order valence-electron chi connectivity index (χ1n) is 6.19. The Bertz CT molecular complexity index is 495. The molecule has 20 heavy (non-hydrogen) atoms. The molecule has 0 amide bonds. The Hall–Kier alpha value is -2.24. The molecule has 6 nitrogen and oxygen atoms in total. The zero-order valence-electron chi connectivity index (χ0n) is 12.0. The monoisotopic (exact) mass is 282 g/mol. The maximum Gasteiger partial charge on any atom is 0.379 e. The number of methoxy groups -OCH3 is 2. The number of ether oxygens (including phenoxy) is 4. The van der Waals surface area contributed by atoms with Crippen LogP contribution in [0.2, 0.25) is 0 Å². The third-order valence-electron chi connectivity index (χ3n) is 2.49. The SMILES string of the molecule is CCOC(=O)C(=O)c1cc(OCC)c(OC)cc1OC. The predicted molar refractivity (Wildman–Crippen MR) is 71.7 cm³/mol. The number of carbonyl (C=O) groups is 2. The highest BCUT2D eigenvalue weighted by atomic mass is 16.5. The van der Waals surface area contributed by atoms with Crippen molar-refractivity contribution >= 4 is 11.8 Å². The number of carbonyl (C=O) groups excluding carboxylic acids is 2. The highest BCUT2D eigenvalue weighted by Gasteiger charge is 2.24. The fraction of sp³-hybridized carbons (Fsp3) is 0.429. The lowest BCUT2D eigenvalue weighted by Gasteiger charge is -2.14. The summed E-state index contributed by atoms with van der Waals surface area (Å²) in [5.74, 6) is -0.707. The number of rotatable bonds is 7. The van der Waals surface area contributed by atoms with Gasteiger partial charge in [-0.3, -0.25) is 4.79 Å². The molecule has 1 rings (SSSR count). The standard InChI is InChI=1S/C14H18O6/c1-5-19-12-7-9(13(15)14(16)20-6-2)10(17-3)8-11(12)18-4/h7-8H,5-6H2,1-4H3. The zero-order valence-corrected chi connectivity index (χ0v) is 12.0. The summed E-state index contributed by atoms with van der Waals surface area (Å²) in [4.78, 5) is 23.6. The van der Waals surface area contributed by atoms with Crippen molar-refractivity contribution in [2.45, 2.75) is 13.8 Å². The molecule has 110 valence electrons. The first kappa shape index (κ1) is 15.8. The van der Waals surface area contributed by atoms with Gasteiger partial charge in [-0.15, -0.1) is 0 Å². The van der Waals surface area contributed by atoms with E-state index in [0.717, 1.165) is 0 Å². The van der Waals surface area contributed by atoms with Crippen molar-refractivity contribution in [2.75, 3.05) is 27.4 Å². The average Bonchev–Trinajstić information content (AvgIpc) is 2.46. The Labute approximate surface area is 117 Å². The van der Waals surface area contributed by atoms with Gasteiger partial charge in [-0.2, -0.15) is 0 Å². The molecule has 0 bridgehead atoms. The van der Waals surface area contributed by atoms with E-state index in [0.29, 0.717) is 18.1 Å². The largest absolute Gasteiger partial charge is 0.496 e. The van der Waals surface area contributed by atoms with Crippen LogP contribution < -0.4 is 14.2 Å². The van der Waals surface area contributed by atoms with Crippen LogP contribution >= 0.6 is 0 Å². The van der Waals surface area contributed by atoms with Gasteiger partial charge in [-0.25, -0.2) is 4.79 Å². The highest BCUT2D eigenvalue weighted by molar-refractivity contribution is 6.41. The molecule has 0 aliphatic carbocycles. The van der Waals surface area contributed by atoms with Crippen LogP contribution in [-0.4, -0.2) is 39.2 Å². The van der Waals surface area contributed by atoms with Crippen LogP contribution in [0.25, 0.3) is 0 Å². The molecular formula is C14H18O6. The van der Waals surface area contributed by atoms with Gasteiger partial charge in [-0.05, 0) is 19.9 Å². The van der Waals surface area contributed by atoms with E-state index in [1.807, 2.05) is 0 Å². The van der Waals surface area contributed by atoms with Crippen LogP contribution in [0.15, 0.2) is 12.1 Å². The van der Waals surface area contributed by atoms with E-state index in [2.05, 4.69) is 0 Å². The third kappa shape index (κ3) is 3.40. The van der Waals surface area contributed by atoms with Crippen LogP contribution in [0.1, 0.15) is 24.2 Å². The first-order valence-corrected chi connectivity index (χ1v) is 6.19. The molecule has 0 aliphatic heterocycles. The van der Waals surface area contributed by atoms with Gasteiger partial charge >= 0.3 is 5.97 Å². The maximum atomic E-state index is 12.0. The minimum absolute atomic E-state index is 0.0789. The number of hydrogen-bond acceptors (Lipinski definition) is 6. The molecule has 0 atom stereocenters. The summed E-state index contributed by atoms with van der Waals surface area (Å²) in [6, 6.07) is 2.91. The zero-order chi connectivity index (χ0) is 15.1. The summed E-state index contributed by atoms with van der Waals surface area (Å²) in [6.07, 6.45) is 0. The van der Waals surface area contributed by atoms with Crippen LogP contribution in [-0.2, 0) is 9.53 Å². The quantitative estimate of drug-likeness (QED) is 0.432. The number of benzene rings is 1. The van der Waals surface area contributed by atoms with E-state index in [-0.39, 0.29) is 17.9 Å². The number of ketones is 1. The molecule has 0 N–H and O–H groups in total. The fourth-order valence-corrected chi connectivity index (χ4v) is 1.62. The summed E-state index contributed by atoms with van der Waals surface area (Å²) in [6.45, 7) is 3.95. The van der Waals surface area contributed by atoms with E-state index >= 15 is 0 Å². The Morgan fingerprint density at radius 3 is 2.10 bits per heavy atom. The van der Waals surface area contributed by atoms with Crippen molar-refractivity contribution in [3.05, 3.63) is 17.7 Å². The summed E-state index contributed by atoms with van der Waals surface area (Å²) < 4.78 is 20.3. The normalized spacial score (nSPS) is 9.80. The van der Waals surface area contributed by atoms with Gasteiger partial charge in [0.1, 0.15) is 5.75 Å². The van der Waals surface area contributed by atoms with Gasteiger partial charge < -0.3 is 18.9 Å². The second-order valence-corrected chi connectivity index (χ2v) is 3.69. The molecule has 0 saturated heterocycles. The molecule has 0 heterocycles. The molecule has 0 unspecified atom stereocenters. The van der Waals surface area contributed by atoms with Crippen molar-refractivity contribution in [2.24, 2.45) is 0 Å². The number of hydrogen-bond donors (Lipinski definition) is 0. The average molecular weight is 282 g/mol. The maximum absolute atomic E-state index is 12.0. The van der Waals surface area contributed by atoms with E-state index in [1.165, 1.54) is 26.4 Å². The van der Waals surface area contributed by atoms with Gasteiger partial charge in [0.05, 0.1) is 33.0 Å². The minimum Gasteiger partial charge on any atom is -0.496 e. The number of Topliss-reactive ketones (excluding diaryl/α,β-unsaturated/α-hetero) is 1. The Kier molecular flexibility index (Phi) is 5.83. The smallest absolute Gasteiger partial charge is 0.379 e. The molecule has 0 spiro atoms. The summed E-state index contributed by atoms with van der Waals surface area (Å²) in [5, 5.41) is 0. The molecule has 0 radical (unpaired) electrons. The van der Waals surface area contributed by atoms with Crippen LogP contribution in [0, 0.1) is 0 Å². The minimum atomic E-state index is -0.932. The first-order chi connectivity index (χ1) is 9.58. The van der Waals surface area contributed by atoms with Crippen LogP contribution in [0.4, 0.5) is 0 Å². The van der Waals surface area contributed by atoms with Gasteiger partial charge in [0.2, 0.25) is 0 Å². The molecule has 1 aromatic rings. The Balaban J connectivity index is 3.26. The van der Waals surface area contributed by atoms with Gasteiger partial charge in [-0.1, -0.05) is 0 Å². The third-order valence-corrected chi connectivity index (χ3v) is 2.49. The molecule has 0 aromatic heterocycles. The summed E-state index contributed by atoms with van der Waals surface area (Å²) in [5.41, 5.74) is 0.0789. The van der Waals surface area contributed by atoms with E-state index in [9.17, 15) is 9.59 Å². The van der Waals surface area contributed by atoms with Crippen molar-refractivity contribution in [3.63, 3.8) is 0 Å². The molecule has 6 heteroatoms. The van der Waals surface area contributed by atoms with Crippen molar-refractivity contribution < 1.29 is 28.5 Å². The topological polar surface area (TPSA) is 71.1 Å². The highest BCUT2D eigenvalue weighted by Crippen LogP contribution is 2.35. The second kappa shape index (κ2) is 7.37. The van der Waals surface area contributed by atoms with E-state index in [1.54, 1.807) is 13.8 Å². The summed E-state index contributed by atoms with van der Waals surface area (Å²) >= 11 is 0. The van der Waals surface area contributed by atoms with Crippen LogP contribution in [0.5, 0.6) is 17.2 Å². The van der Waals surface area contributed by atoms with Crippen molar-refractivity contribution in [1.29, 1.82) is 0 Å². The van der Waals surface area contributed by atoms with Gasteiger partial charge in [0.15, 0.2) is 11.5 Å². The Morgan fingerprint density at radius 2 is 1.60 bits per heavy atom. The lowest BCUT2D eigenvalue weighted by molar-refractivity contribution is -0.137. The van der Waals surface area contributed by atoms with E-state index in [4.69, 9.17) is 18.9 Å². The molecule has 0 fully saturated rings. The Morgan fingerprint density at radius 1 is 0.950 bits per heavy atom. The molecular weight excluding hydrogens is 264 g/mol. The predicted octanol–water partition coefficient (Wildman–Crippen LogP) is 1.85. The van der Waals surface area contributed by atoms with Gasteiger partial charge in [0, 0.05) is 6.07 Å².